The molecule has 3 rings (SSSR count). The predicted molar refractivity (Wildman–Crippen MR) is 127 cm³/mol. The van der Waals surface area contributed by atoms with Crippen LogP contribution in [0.15, 0.2) is 98.1 Å². The van der Waals surface area contributed by atoms with Gasteiger partial charge < -0.3 is 9.47 Å². The lowest BCUT2D eigenvalue weighted by Gasteiger charge is -2.12. The summed E-state index contributed by atoms with van der Waals surface area (Å²) in [6.07, 6.45) is 3.89. The van der Waals surface area contributed by atoms with E-state index in [1.807, 2.05) is 42.5 Å². The van der Waals surface area contributed by atoms with E-state index in [0.717, 1.165) is 46.7 Å². The zero-order chi connectivity index (χ0) is 22.8. The van der Waals surface area contributed by atoms with E-state index < -0.39 is 11.9 Å². The molecule has 0 radical (unpaired) electrons. The third-order valence-electron chi connectivity index (χ3n) is 5.03. The maximum atomic E-state index is 11.2. The van der Waals surface area contributed by atoms with Crippen molar-refractivity contribution in [2.24, 2.45) is 0 Å². The van der Waals surface area contributed by atoms with Crippen LogP contribution < -0.4 is 0 Å². The van der Waals surface area contributed by atoms with Crippen LogP contribution in [0.1, 0.15) is 17.5 Å². The second-order valence-corrected chi connectivity index (χ2v) is 7.22. The highest BCUT2D eigenvalue weighted by molar-refractivity contribution is 5.81. The van der Waals surface area contributed by atoms with Gasteiger partial charge in [-0.25, -0.2) is 9.59 Å². The molecule has 0 amide bonds. The first kappa shape index (κ1) is 22.8. The smallest absolute Gasteiger partial charge is 0.330 e. The monoisotopic (exact) mass is 426 g/mol. The van der Waals surface area contributed by atoms with Gasteiger partial charge in [-0.1, -0.05) is 79.9 Å². The summed E-state index contributed by atoms with van der Waals surface area (Å²) in [6.45, 7) is 7.40. The molecule has 0 atom stereocenters. The van der Waals surface area contributed by atoms with E-state index in [9.17, 15) is 9.59 Å². The molecule has 0 aromatic heterocycles. The van der Waals surface area contributed by atoms with Gasteiger partial charge in [-0.2, -0.15) is 0 Å². The molecule has 4 nitrogen and oxygen atoms in total. The Morgan fingerprint density at radius 3 is 2.19 bits per heavy atom. The second-order valence-electron chi connectivity index (χ2n) is 7.22. The lowest BCUT2D eigenvalue weighted by molar-refractivity contribution is -0.139. The molecule has 0 fully saturated rings. The molecule has 4 heteroatoms. The number of esters is 2. The van der Waals surface area contributed by atoms with E-state index in [0.29, 0.717) is 6.61 Å². The molecule has 0 saturated heterocycles. The first-order valence-corrected chi connectivity index (χ1v) is 10.5. The lowest BCUT2D eigenvalue weighted by Crippen LogP contribution is -2.03. The Hall–Kier alpha value is -3.92. The number of benzene rings is 3. The number of carbonyl (C=O) groups is 2. The molecular formula is C28H26O4. The van der Waals surface area contributed by atoms with Gasteiger partial charge in [0, 0.05) is 12.2 Å². The first-order chi connectivity index (χ1) is 15.6. The highest BCUT2D eigenvalue weighted by Crippen LogP contribution is 2.29. The fraction of sp³-hybridized carbons (Fsp3) is 0.143. The van der Waals surface area contributed by atoms with E-state index >= 15 is 0 Å². The largest absolute Gasteiger partial charge is 0.463 e. The van der Waals surface area contributed by atoms with Crippen molar-refractivity contribution in [2.75, 3.05) is 6.61 Å². The standard InChI is InChI=1S/C28H26O4/c1-3-27(29)31-18-8-12-23-9-5-6-13-26(23)25-11-7-10-24(19-25)22-16-14-21(15-17-22)20-32-28(30)4-2/h3-7,9-11,13-17,19H,1-2,8,12,18,20H2. The van der Waals surface area contributed by atoms with Crippen LogP contribution in [0, 0.1) is 0 Å². The van der Waals surface area contributed by atoms with Crippen LogP contribution in [-0.2, 0) is 32.1 Å². The van der Waals surface area contributed by atoms with Gasteiger partial charge in [0.1, 0.15) is 6.61 Å². The van der Waals surface area contributed by atoms with Gasteiger partial charge >= 0.3 is 11.9 Å². The Morgan fingerprint density at radius 2 is 1.44 bits per heavy atom. The summed E-state index contributed by atoms with van der Waals surface area (Å²) in [5, 5.41) is 0. The molecule has 0 unspecified atom stereocenters. The van der Waals surface area contributed by atoms with E-state index in [2.05, 4.69) is 43.5 Å². The third kappa shape index (κ3) is 6.29. The summed E-state index contributed by atoms with van der Waals surface area (Å²) in [4.78, 5) is 22.5. The minimum Gasteiger partial charge on any atom is -0.463 e. The van der Waals surface area contributed by atoms with Gasteiger partial charge in [0.2, 0.25) is 0 Å². The van der Waals surface area contributed by atoms with Crippen molar-refractivity contribution in [3.05, 3.63) is 109 Å². The average molecular weight is 427 g/mol. The highest BCUT2D eigenvalue weighted by Gasteiger charge is 2.07. The second kappa shape index (κ2) is 11.5. The number of ether oxygens (including phenoxy) is 2. The molecule has 0 bridgehead atoms. The van der Waals surface area contributed by atoms with Crippen LogP contribution in [0.2, 0.25) is 0 Å². The van der Waals surface area contributed by atoms with Crippen LogP contribution in [-0.4, -0.2) is 18.5 Å². The van der Waals surface area contributed by atoms with Crippen molar-refractivity contribution < 1.29 is 19.1 Å². The predicted octanol–water partition coefficient (Wildman–Crippen LogP) is 5.91. The van der Waals surface area contributed by atoms with E-state index in [1.54, 1.807) is 0 Å². The number of rotatable bonds is 10. The number of carbonyl (C=O) groups excluding carboxylic acids is 2. The number of aryl methyl sites for hydroxylation is 1. The number of hydrogen-bond donors (Lipinski definition) is 0. The normalized spacial score (nSPS) is 10.2. The van der Waals surface area contributed by atoms with Crippen LogP contribution >= 0.6 is 0 Å². The SMILES string of the molecule is C=CC(=O)OCCCc1ccccc1-c1cccc(-c2ccc(COC(=O)C=C)cc2)c1. The summed E-state index contributed by atoms with van der Waals surface area (Å²) >= 11 is 0. The Labute approximate surface area is 188 Å². The molecule has 0 N–H and O–H groups in total. The molecule has 3 aromatic rings. The maximum absolute atomic E-state index is 11.2. The molecule has 3 aromatic carbocycles. The molecule has 0 saturated carbocycles. The van der Waals surface area contributed by atoms with Crippen molar-refractivity contribution in [2.45, 2.75) is 19.4 Å². The van der Waals surface area contributed by atoms with Crippen molar-refractivity contribution in [3.63, 3.8) is 0 Å². The van der Waals surface area contributed by atoms with E-state index in [4.69, 9.17) is 9.47 Å². The van der Waals surface area contributed by atoms with Crippen molar-refractivity contribution in [1.29, 1.82) is 0 Å². The maximum Gasteiger partial charge on any atom is 0.330 e. The Bertz CT molecular complexity index is 1100. The summed E-state index contributed by atoms with van der Waals surface area (Å²) in [7, 11) is 0. The molecule has 0 aliphatic heterocycles. The average Bonchev–Trinajstić information content (AvgIpc) is 2.85. The summed E-state index contributed by atoms with van der Waals surface area (Å²) in [5.41, 5.74) is 6.61. The van der Waals surface area contributed by atoms with E-state index in [-0.39, 0.29) is 6.61 Å². The molecule has 0 spiro atoms. The first-order valence-electron chi connectivity index (χ1n) is 10.5. The van der Waals surface area contributed by atoms with Crippen molar-refractivity contribution in [3.8, 4) is 22.3 Å². The van der Waals surface area contributed by atoms with Gasteiger partial charge in [0.25, 0.3) is 0 Å². The fourth-order valence-corrected chi connectivity index (χ4v) is 3.39. The van der Waals surface area contributed by atoms with Crippen LogP contribution in [0.5, 0.6) is 0 Å². The summed E-state index contributed by atoms with van der Waals surface area (Å²) in [5.74, 6) is -0.824. The third-order valence-corrected chi connectivity index (χ3v) is 5.03. The van der Waals surface area contributed by atoms with E-state index in [1.165, 1.54) is 11.6 Å². The quantitative estimate of drug-likeness (QED) is 0.230. The fourth-order valence-electron chi connectivity index (χ4n) is 3.39. The van der Waals surface area contributed by atoms with Gasteiger partial charge in [0.15, 0.2) is 0 Å². The minimum atomic E-state index is -0.431. The molecule has 0 heterocycles. The minimum absolute atomic E-state index is 0.223. The van der Waals surface area contributed by atoms with Crippen molar-refractivity contribution >= 4 is 11.9 Å². The Kier molecular flexibility index (Phi) is 8.15. The molecule has 32 heavy (non-hydrogen) atoms. The number of hydrogen-bond acceptors (Lipinski definition) is 4. The van der Waals surface area contributed by atoms with Crippen molar-refractivity contribution in [1.82, 2.24) is 0 Å². The zero-order valence-corrected chi connectivity index (χ0v) is 18.0. The van der Waals surface area contributed by atoms with Gasteiger partial charge in [-0.15, -0.1) is 0 Å². The summed E-state index contributed by atoms with van der Waals surface area (Å²) < 4.78 is 10.2. The highest BCUT2D eigenvalue weighted by atomic mass is 16.5. The molecule has 162 valence electrons. The topological polar surface area (TPSA) is 52.6 Å². The zero-order valence-electron chi connectivity index (χ0n) is 18.0. The molecule has 0 aliphatic rings. The molecular weight excluding hydrogens is 400 g/mol. The van der Waals surface area contributed by atoms with Crippen LogP contribution in [0.4, 0.5) is 0 Å². The lowest BCUT2D eigenvalue weighted by atomic mass is 9.94. The van der Waals surface area contributed by atoms with Gasteiger partial charge in [0.05, 0.1) is 6.61 Å². The summed E-state index contributed by atoms with van der Waals surface area (Å²) in [6, 6.07) is 24.6. The van der Waals surface area contributed by atoms with Crippen LogP contribution in [0.25, 0.3) is 22.3 Å². The van der Waals surface area contributed by atoms with Gasteiger partial charge in [-0.05, 0) is 52.3 Å². The molecule has 0 aliphatic carbocycles. The Morgan fingerprint density at radius 1 is 0.750 bits per heavy atom. The van der Waals surface area contributed by atoms with Crippen LogP contribution in [0.3, 0.4) is 0 Å². The van der Waals surface area contributed by atoms with Gasteiger partial charge in [-0.3, -0.25) is 0 Å². The Balaban J connectivity index is 1.73.